The molecule has 0 fully saturated rings. The largest absolute Gasteiger partial charge is 0.322 e. The van der Waals surface area contributed by atoms with E-state index in [0.29, 0.717) is 10.7 Å². The van der Waals surface area contributed by atoms with Gasteiger partial charge in [-0.3, -0.25) is 19.6 Å². The Kier molecular flexibility index (Phi) is 5.81. The number of benzene rings is 3. The van der Waals surface area contributed by atoms with E-state index in [-0.39, 0.29) is 21.8 Å². The van der Waals surface area contributed by atoms with Crippen LogP contribution in [0.4, 0.5) is 17.1 Å². The lowest BCUT2D eigenvalue weighted by atomic mass is 10.2. The quantitative estimate of drug-likeness (QED) is 0.445. The summed E-state index contributed by atoms with van der Waals surface area (Å²) in [5, 5.41) is 13.7. The van der Waals surface area contributed by atoms with Gasteiger partial charge in [-0.25, -0.2) is 8.42 Å². The van der Waals surface area contributed by atoms with Gasteiger partial charge in [0.1, 0.15) is 0 Å². The average Bonchev–Trinajstić information content (AvgIpc) is 2.68. The number of halogens is 1. The molecule has 0 aromatic heterocycles. The molecular formula is C19H14ClN3O5S. The molecule has 0 aliphatic rings. The SMILES string of the molecule is O=C(Nc1ccc([N+](=O)[O-])cc1)c1cccc(NS(=O)(=O)c2ccc(Cl)cc2)c1. The van der Waals surface area contributed by atoms with Crippen molar-refractivity contribution in [1.29, 1.82) is 0 Å². The van der Waals surface area contributed by atoms with Crippen molar-refractivity contribution in [2.75, 3.05) is 10.0 Å². The van der Waals surface area contributed by atoms with Gasteiger partial charge in [0.25, 0.3) is 21.6 Å². The fraction of sp³-hybridized carbons (Fsp3) is 0. The molecule has 0 saturated heterocycles. The first-order chi connectivity index (χ1) is 13.7. The van der Waals surface area contributed by atoms with Gasteiger partial charge in [-0.05, 0) is 54.6 Å². The molecule has 8 nitrogen and oxygen atoms in total. The Hall–Kier alpha value is -3.43. The van der Waals surface area contributed by atoms with E-state index < -0.39 is 20.9 Å². The van der Waals surface area contributed by atoms with E-state index in [1.807, 2.05) is 0 Å². The maximum Gasteiger partial charge on any atom is 0.269 e. The Labute approximate surface area is 171 Å². The Morgan fingerprint density at radius 2 is 1.59 bits per heavy atom. The van der Waals surface area contributed by atoms with Crippen molar-refractivity contribution in [1.82, 2.24) is 0 Å². The van der Waals surface area contributed by atoms with Crippen LogP contribution in [0.15, 0.2) is 77.7 Å². The summed E-state index contributed by atoms with van der Waals surface area (Å²) in [7, 11) is -3.85. The Morgan fingerprint density at radius 3 is 2.21 bits per heavy atom. The number of hydrogen-bond donors (Lipinski definition) is 2. The van der Waals surface area contributed by atoms with Crippen LogP contribution in [0.1, 0.15) is 10.4 Å². The first-order valence-electron chi connectivity index (χ1n) is 8.19. The number of nitrogens with one attached hydrogen (secondary N) is 2. The van der Waals surface area contributed by atoms with E-state index in [1.54, 1.807) is 0 Å². The molecule has 0 atom stereocenters. The van der Waals surface area contributed by atoms with Crippen molar-refractivity contribution in [3.05, 3.63) is 93.5 Å². The molecule has 1 amide bonds. The van der Waals surface area contributed by atoms with E-state index in [1.165, 1.54) is 72.8 Å². The Morgan fingerprint density at radius 1 is 0.931 bits per heavy atom. The van der Waals surface area contributed by atoms with Crippen LogP contribution in [0.2, 0.25) is 5.02 Å². The van der Waals surface area contributed by atoms with E-state index in [9.17, 15) is 23.3 Å². The van der Waals surface area contributed by atoms with Crippen LogP contribution >= 0.6 is 11.6 Å². The monoisotopic (exact) mass is 431 g/mol. The van der Waals surface area contributed by atoms with E-state index in [0.717, 1.165) is 0 Å². The lowest BCUT2D eigenvalue weighted by Gasteiger charge is -2.10. The molecule has 3 aromatic rings. The van der Waals surface area contributed by atoms with Crippen LogP contribution in [0, 0.1) is 10.1 Å². The van der Waals surface area contributed by atoms with Crippen LogP contribution in [-0.4, -0.2) is 19.2 Å². The number of amides is 1. The molecule has 0 radical (unpaired) electrons. The van der Waals surface area contributed by atoms with Crippen molar-refractivity contribution in [2.24, 2.45) is 0 Å². The molecule has 3 aromatic carbocycles. The summed E-state index contributed by atoms with van der Waals surface area (Å²) >= 11 is 5.78. The number of rotatable bonds is 6. The third kappa shape index (κ3) is 5.09. The minimum Gasteiger partial charge on any atom is -0.322 e. The summed E-state index contributed by atoms with van der Waals surface area (Å²) in [5.41, 5.74) is 0.685. The summed E-state index contributed by atoms with van der Waals surface area (Å²) in [6.45, 7) is 0. The van der Waals surface area contributed by atoms with Crippen molar-refractivity contribution >= 4 is 44.6 Å². The molecule has 0 aliphatic heterocycles. The highest BCUT2D eigenvalue weighted by atomic mass is 35.5. The molecule has 10 heteroatoms. The fourth-order valence-corrected chi connectivity index (χ4v) is 3.60. The van der Waals surface area contributed by atoms with Crippen LogP contribution in [0.5, 0.6) is 0 Å². The predicted octanol–water partition coefficient (Wildman–Crippen LogP) is 4.30. The summed E-state index contributed by atoms with van der Waals surface area (Å²) in [6, 6.07) is 17.0. The Bertz CT molecular complexity index is 1160. The number of anilines is 2. The van der Waals surface area contributed by atoms with Gasteiger partial charge in [0.05, 0.1) is 9.82 Å². The second-order valence-corrected chi connectivity index (χ2v) is 8.02. The molecule has 3 rings (SSSR count). The molecule has 0 heterocycles. The van der Waals surface area contributed by atoms with Crippen molar-refractivity contribution in [3.63, 3.8) is 0 Å². The normalized spacial score (nSPS) is 10.9. The highest BCUT2D eigenvalue weighted by Crippen LogP contribution is 2.20. The zero-order valence-corrected chi connectivity index (χ0v) is 16.3. The summed E-state index contributed by atoms with van der Waals surface area (Å²) in [4.78, 5) is 22.6. The lowest BCUT2D eigenvalue weighted by Crippen LogP contribution is -2.15. The van der Waals surface area contributed by atoms with Gasteiger partial charge >= 0.3 is 0 Å². The second kappa shape index (κ2) is 8.29. The smallest absolute Gasteiger partial charge is 0.269 e. The molecule has 0 unspecified atom stereocenters. The van der Waals surface area contributed by atoms with E-state index >= 15 is 0 Å². The maximum atomic E-state index is 12.5. The zero-order chi connectivity index (χ0) is 21.0. The first kappa shape index (κ1) is 20.3. The number of non-ortho nitro benzene ring substituents is 1. The topological polar surface area (TPSA) is 118 Å². The predicted molar refractivity (Wildman–Crippen MR) is 110 cm³/mol. The summed E-state index contributed by atoms with van der Waals surface area (Å²) in [6.07, 6.45) is 0. The molecule has 29 heavy (non-hydrogen) atoms. The standard InChI is InChI=1S/C19H14ClN3O5S/c20-14-4-10-18(11-5-14)29(27,28)22-16-3-1-2-13(12-16)19(24)21-15-6-8-17(9-7-15)23(25)26/h1-12,22H,(H,21,24). The van der Waals surface area contributed by atoms with Crippen LogP contribution in [0.25, 0.3) is 0 Å². The molecule has 0 bridgehead atoms. The number of nitro benzene ring substituents is 1. The second-order valence-electron chi connectivity index (χ2n) is 5.90. The van der Waals surface area contributed by atoms with Gasteiger partial charge in [-0.1, -0.05) is 17.7 Å². The maximum absolute atomic E-state index is 12.5. The minimum atomic E-state index is -3.85. The van der Waals surface area contributed by atoms with Crippen molar-refractivity contribution < 1.29 is 18.1 Å². The van der Waals surface area contributed by atoms with Crippen LogP contribution < -0.4 is 10.0 Å². The zero-order valence-electron chi connectivity index (χ0n) is 14.7. The molecule has 0 spiro atoms. The number of hydrogen-bond acceptors (Lipinski definition) is 5. The molecule has 148 valence electrons. The molecule has 2 N–H and O–H groups in total. The van der Waals surface area contributed by atoms with Crippen molar-refractivity contribution in [2.45, 2.75) is 4.90 Å². The van der Waals surface area contributed by atoms with E-state index in [2.05, 4.69) is 10.0 Å². The number of carbonyl (C=O) groups excluding carboxylic acids is 1. The third-order valence-corrected chi connectivity index (χ3v) is 5.49. The highest BCUT2D eigenvalue weighted by Gasteiger charge is 2.15. The Balaban J connectivity index is 1.75. The summed E-state index contributed by atoms with van der Waals surface area (Å²) in [5.74, 6) is -0.494. The fourth-order valence-electron chi connectivity index (χ4n) is 2.42. The highest BCUT2D eigenvalue weighted by molar-refractivity contribution is 7.92. The van der Waals surface area contributed by atoms with Gasteiger partial charge in [-0.15, -0.1) is 0 Å². The van der Waals surface area contributed by atoms with Crippen LogP contribution in [-0.2, 0) is 10.0 Å². The van der Waals surface area contributed by atoms with Crippen molar-refractivity contribution in [3.8, 4) is 0 Å². The van der Waals surface area contributed by atoms with E-state index in [4.69, 9.17) is 11.6 Å². The average molecular weight is 432 g/mol. The molecule has 0 saturated carbocycles. The third-order valence-electron chi connectivity index (χ3n) is 3.84. The summed E-state index contributed by atoms with van der Waals surface area (Å²) < 4.78 is 27.3. The minimum absolute atomic E-state index is 0.0302. The number of sulfonamides is 1. The van der Waals surface area contributed by atoms with Gasteiger partial charge in [0.2, 0.25) is 0 Å². The van der Waals surface area contributed by atoms with Crippen LogP contribution in [0.3, 0.4) is 0 Å². The number of nitro groups is 1. The number of carbonyl (C=O) groups is 1. The van der Waals surface area contributed by atoms with Gasteiger partial charge in [0, 0.05) is 34.1 Å². The molecule has 0 aliphatic carbocycles. The number of nitrogens with zero attached hydrogens (tertiary/aromatic N) is 1. The molecular weight excluding hydrogens is 418 g/mol. The first-order valence-corrected chi connectivity index (χ1v) is 10.0. The van der Waals surface area contributed by atoms with Gasteiger partial charge < -0.3 is 5.32 Å². The van der Waals surface area contributed by atoms with Gasteiger partial charge in [0.15, 0.2) is 0 Å². The lowest BCUT2D eigenvalue weighted by molar-refractivity contribution is -0.384. The van der Waals surface area contributed by atoms with Gasteiger partial charge in [-0.2, -0.15) is 0 Å².